The smallest absolute Gasteiger partial charge is 0.356 e. The summed E-state index contributed by atoms with van der Waals surface area (Å²) in [5.41, 5.74) is 0. The van der Waals surface area contributed by atoms with Crippen LogP contribution in [0.15, 0.2) is 40.2 Å². The summed E-state index contributed by atoms with van der Waals surface area (Å²) >= 11 is 0. The highest BCUT2D eigenvalue weighted by molar-refractivity contribution is 14.0. The molecule has 0 aromatic heterocycles. The molecule has 1 aliphatic heterocycles. The number of likely N-dealkylation sites (tertiary alicyclic amines) is 1. The quantitative estimate of drug-likeness (QED) is 0.299. The van der Waals surface area contributed by atoms with Gasteiger partial charge in [0, 0.05) is 30.8 Å². The summed E-state index contributed by atoms with van der Waals surface area (Å²) in [5, 5.41) is 6.38. The number of hydrogen-bond donors (Lipinski definition) is 2. The number of aliphatic imine (C=N–C) groups is 1. The van der Waals surface area contributed by atoms with Crippen LogP contribution in [0.1, 0.15) is 19.3 Å². The second-order valence-corrected chi connectivity index (χ2v) is 8.48. The van der Waals surface area contributed by atoms with Crippen molar-refractivity contribution in [3.8, 4) is 0 Å². The maximum atomic E-state index is 12.4. The molecule has 2 N–H and O–H groups in total. The van der Waals surface area contributed by atoms with Gasteiger partial charge in [-0.15, -0.1) is 24.0 Å². The van der Waals surface area contributed by atoms with Gasteiger partial charge in [-0.2, -0.15) is 13.2 Å². The molecule has 1 saturated heterocycles. The van der Waals surface area contributed by atoms with E-state index in [1.54, 1.807) is 7.05 Å². The predicted molar refractivity (Wildman–Crippen MR) is 122 cm³/mol. The molecule has 1 aromatic rings. The molecule has 1 fully saturated rings. The van der Waals surface area contributed by atoms with Crippen molar-refractivity contribution in [3.63, 3.8) is 0 Å². The molecule has 0 aliphatic carbocycles. The van der Waals surface area contributed by atoms with E-state index in [-0.39, 0.29) is 24.0 Å². The van der Waals surface area contributed by atoms with E-state index in [2.05, 4.69) is 15.6 Å². The fourth-order valence-corrected chi connectivity index (χ4v) is 4.24. The van der Waals surface area contributed by atoms with Gasteiger partial charge in [0.25, 0.3) is 0 Å². The Bertz CT molecular complexity index is 638. The summed E-state index contributed by atoms with van der Waals surface area (Å²) in [4.78, 5) is 6.45. The van der Waals surface area contributed by atoms with E-state index >= 15 is 0 Å². The highest BCUT2D eigenvalue weighted by Gasteiger charge is 2.32. The molecular weight excluding hydrogens is 516 g/mol. The molecule has 1 aliphatic rings. The number of alkyl halides is 3. The second-order valence-electron chi connectivity index (χ2n) is 6.91. The minimum atomic E-state index is -4.11. The van der Waals surface area contributed by atoms with Gasteiger partial charge in [-0.1, -0.05) is 18.2 Å². The zero-order valence-electron chi connectivity index (χ0n) is 16.6. The second kappa shape index (κ2) is 13.4. The van der Waals surface area contributed by atoms with Crippen LogP contribution < -0.4 is 10.6 Å². The first-order chi connectivity index (χ1) is 13.4. The maximum absolute atomic E-state index is 12.4. The molecule has 0 saturated carbocycles. The summed E-state index contributed by atoms with van der Waals surface area (Å²) in [6, 6.07) is 9.33. The first-order valence-electron chi connectivity index (χ1n) is 9.54. The lowest BCUT2D eigenvalue weighted by Gasteiger charge is -2.32. The lowest BCUT2D eigenvalue weighted by molar-refractivity contribution is -0.148. The van der Waals surface area contributed by atoms with E-state index in [0.29, 0.717) is 43.8 Å². The van der Waals surface area contributed by atoms with E-state index in [1.807, 2.05) is 30.3 Å². The average molecular weight is 546 g/mol. The molecule has 29 heavy (non-hydrogen) atoms. The van der Waals surface area contributed by atoms with Gasteiger partial charge in [-0.3, -0.25) is 14.1 Å². The van der Waals surface area contributed by atoms with Gasteiger partial charge in [0.1, 0.15) is 0 Å². The number of nitrogens with one attached hydrogen (secondary N) is 2. The summed E-state index contributed by atoms with van der Waals surface area (Å²) in [6.45, 7) is 1.45. The van der Waals surface area contributed by atoms with Gasteiger partial charge in [0.05, 0.1) is 17.3 Å². The van der Waals surface area contributed by atoms with Crippen molar-refractivity contribution in [1.82, 2.24) is 15.5 Å². The third kappa shape index (κ3) is 10.6. The first-order valence-corrected chi connectivity index (χ1v) is 10.9. The third-order valence-corrected chi connectivity index (χ3v) is 6.14. The first kappa shape index (κ1) is 26.2. The normalized spacial score (nSPS) is 17.4. The van der Waals surface area contributed by atoms with Gasteiger partial charge in [0.2, 0.25) is 0 Å². The number of hydrogen-bond acceptors (Lipinski definition) is 3. The zero-order chi connectivity index (χ0) is 20.4. The molecule has 1 aromatic carbocycles. The van der Waals surface area contributed by atoms with E-state index in [9.17, 15) is 17.4 Å². The Labute approximate surface area is 190 Å². The van der Waals surface area contributed by atoms with Crippen LogP contribution in [0.4, 0.5) is 13.2 Å². The minimum absolute atomic E-state index is 0. The van der Waals surface area contributed by atoms with Crippen LogP contribution in [0.3, 0.4) is 0 Å². The summed E-state index contributed by atoms with van der Waals surface area (Å²) in [5.74, 6) is 1.57. The third-order valence-electron chi connectivity index (χ3n) is 4.76. The van der Waals surface area contributed by atoms with Crippen molar-refractivity contribution in [2.24, 2.45) is 10.9 Å². The van der Waals surface area contributed by atoms with Gasteiger partial charge in [-0.25, -0.2) is 0 Å². The van der Waals surface area contributed by atoms with Crippen LogP contribution in [-0.4, -0.2) is 66.8 Å². The van der Waals surface area contributed by atoms with Crippen LogP contribution in [0.25, 0.3) is 0 Å². The molecule has 166 valence electrons. The lowest BCUT2D eigenvalue weighted by Crippen LogP contribution is -2.42. The highest BCUT2D eigenvalue weighted by atomic mass is 127. The monoisotopic (exact) mass is 546 g/mol. The predicted octanol–water partition coefficient (Wildman–Crippen LogP) is 3.24. The molecule has 1 atom stereocenters. The Balaban J connectivity index is 0.00000420. The van der Waals surface area contributed by atoms with Gasteiger partial charge >= 0.3 is 6.18 Å². The Hall–Kier alpha value is -0.880. The number of halogens is 4. The topological polar surface area (TPSA) is 56.7 Å². The van der Waals surface area contributed by atoms with E-state index in [1.165, 1.54) is 4.90 Å². The fraction of sp³-hybridized carbons (Fsp3) is 0.632. The Morgan fingerprint density at radius 1 is 1.17 bits per heavy atom. The molecule has 5 nitrogen and oxygen atoms in total. The molecule has 1 heterocycles. The zero-order valence-corrected chi connectivity index (χ0v) is 19.7. The Morgan fingerprint density at radius 2 is 1.79 bits per heavy atom. The minimum Gasteiger partial charge on any atom is -0.356 e. The molecule has 10 heteroatoms. The fourth-order valence-electron chi connectivity index (χ4n) is 3.25. The summed E-state index contributed by atoms with van der Waals surface area (Å²) in [6.07, 6.45) is -1.63. The van der Waals surface area contributed by atoms with Gasteiger partial charge in [-0.05, 0) is 50.4 Å². The molecule has 0 amide bonds. The number of benzene rings is 1. The molecule has 1 unspecified atom stereocenters. The van der Waals surface area contributed by atoms with Crippen molar-refractivity contribution in [1.29, 1.82) is 0 Å². The number of piperidine rings is 1. The molecule has 0 spiro atoms. The van der Waals surface area contributed by atoms with Crippen molar-refractivity contribution in [3.05, 3.63) is 30.3 Å². The molecule has 0 radical (unpaired) electrons. The van der Waals surface area contributed by atoms with Crippen LogP contribution >= 0.6 is 24.0 Å². The van der Waals surface area contributed by atoms with Crippen LogP contribution in [0.5, 0.6) is 0 Å². The van der Waals surface area contributed by atoms with E-state index in [0.717, 1.165) is 24.2 Å². The number of guanidine groups is 1. The number of nitrogens with zero attached hydrogens (tertiary/aromatic N) is 2. The molecular formula is C19H30F3IN4OS. The number of rotatable bonds is 8. The average Bonchev–Trinajstić information content (AvgIpc) is 2.67. The van der Waals surface area contributed by atoms with Crippen molar-refractivity contribution < 1.29 is 17.4 Å². The van der Waals surface area contributed by atoms with Crippen LogP contribution in [0, 0.1) is 5.92 Å². The lowest BCUT2D eigenvalue weighted by atomic mass is 9.93. The highest BCUT2D eigenvalue weighted by Crippen LogP contribution is 2.23. The largest absolute Gasteiger partial charge is 0.401 e. The van der Waals surface area contributed by atoms with Crippen molar-refractivity contribution >= 4 is 40.7 Å². The van der Waals surface area contributed by atoms with Crippen LogP contribution in [-0.2, 0) is 10.8 Å². The standard InChI is InChI=1S/C19H29F3N4OS.HI/c1-23-18(25-11-14-28(27)17-5-3-2-4-6-17)24-10-7-16-8-12-26(13-9-16)15-19(20,21)22;/h2-6,16H,7-15H2,1H3,(H2,23,24,25);1H. The summed E-state index contributed by atoms with van der Waals surface area (Å²) in [7, 11) is 0.627. The Morgan fingerprint density at radius 3 is 2.38 bits per heavy atom. The van der Waals surface area contributed by atoms with E-state index in [4.69, 9.17) is 0 Å². The Kier molecular flexibility index (Phi) is 12.1. The maximum Gasteiger partial charge on any atom is 0.401 e. The SMILES string of the molecule is CN=C(NCCC1CCN(CC(F)(F)F)CC1)NCCS(=O)c1ccccc1.I. The van der Waals surface area contributed by atoms with Crippen molar-refractivity contribution in [2.45, 2.75) is 30.3 Å². The van der Waals surface area contributed by atoms with Crippen LogP contribution in [0.2, 0.25) is 0 Å². The van der Waals surface area contributed by atoms with Gasteiger partial charge in [0.15, 0.2) is 5.96 Å². The van der Waals surface area contributed by atoms with Crippen molar-refractivity contribution in [2.75, 3.05) is 45.5 Å². The molecule has 0 bridgehead atoms. The summed E-state index contributed by atoms with van der Waals surface area (Å²) < 4.78 is 49.5. The molecule has 2 rings (SSSR count). The van der Waals surface area contributed by atoms with Gasteiger partial charge < -0.3 is 10.6 Å². The van der Waals surface area contributed by atoms with E-state index < -0.39 is 23.5 Å².